The van der Waals surface area contributed by atoms with Crippen molar-refractivity contribution in [2.45, 2.75) is 23.6 Å². The highest BCUT2D eigenvalue weighted by Gasteiger charge is 2.30. The Bertz CT molecular complexity index is 400. The minimum absolute atomic E-state index is 0.167. The minimum Gasteiger partial charge on any atom is -0.480 e. The Morgan fingerprint density at radius 2 is 2.29 bits per heavy atom. The fourth-order valence-electron chi connectivity index (χ4n) is 0.696. The lowest BCUT2D eigenvalue weighted by Crippen LogP contribution is -2.28. The molecule has 0 radical (unpaired) electrons. The standard InChI is InChI=1S/C8H10N2O3S/c1-8(2,7(12)13)14-6-5(11)9-3-4-10-6/h3-4H,1-2H3,(H,9,11)(H,12,13). The van der Waals surface area contributed by atoms with Crippen LogP contribution in [0.25, 0.3) is 0 Å². The molecule has 0 unspecified atom stereocenters. The molecule has 0 bridgehead atoms. The van der Waals surface area contributed by atoms with Gasteiger partial charge >= 0.3 is 5.97 Å². The molecule has 0 aromatic carbocycles. The van der Waals surface area contributed by atoms with Crippen LogP contribution >= 0.6 is 11.8 Å². The first kappa shape index (κ1) is 10.8. The zero-order valence-electron chi connectivity index (χ0n) is 7.77. The number of hydrogen-bond donors (Lipinski definition) is 2. The van der Waals surface area contributed by atoms with E-state index in [1.54, 1.807) is 0 Å². The Balaban J connectivity index is 2.95. The van der Waals surface area contributed by atoms with E-state index in [1.165, 1.54) is 26.2 Å². The third kappa shape index (κ3) is 2.35. The molecule has 0 spiro atoms. The Morgan fingerprint density at radius 1 is 1.64 bits per heavy atom. The van der Waals surface area contributed by atoms with Crippen molar-refractivity contribution >= 4 is 17.7 Å². The van der Waals surface area contributed by atoms with Crippen LogP contribution < -0.4 is 5.56 Å². The Hall–Kier alpha value is -1.30. The summed E-state index contributed by atoms with van der Waals surface area (Å²) in [6.45, 7) is 3.04. The molecular weight excluding hydrogens is 204 g/mol. The van der Waals surface area contributed by atoms with E-state index >= 15 is 0 Å². The normalized spacial score (nSPS) is 11.3. The molecule has 0 aliphatic heterocycles. The number of carbonyl (C=O) groups is 1. The molecule has 1 rings (SSSR count). The van der Waals surface area contributed by atoms with E-state index in [0.29, 0.717) is 0 Å². The van der Waals surface area contributed by atoms with Crippen LogP contribution in [-0.4, -0.2) is 25.8 Å². The van der Waals surface area contributed by atoms with Crippen LogP contribution in [0.5, 0.6) is 0 Å². The third-order valence-corrected chi connectivity index (χ3v) is 2.71. The van der Waals surface area contributed by atoms with Gasteiger partial charge in [0.2, 0.25) is 0 Å². The van der Waals surface area contributed by atoms with Crippen molar-refractivity contribution in [1.29, 1.82) is 0 Å². The summed E-state index contributed by atoms with van der Waals surface area (Å²) in [5.74, 6) is -0.979. The number of thioether (sulfide) groups is 1. The van der Waals surface area contributed by atoms with E-state index in [-0.39, 0.29) is 10.6 Å². The van der Waals surface area contributed by atoms with Crippen molar-refractivity contribution in [1.82, 2.24) is 9.97 Å². The first-order valence-corrected chi connectivity index (χ1v) is 4.71. The van der Waals surface area contributed by atoms with Crippen LogP contribution in [0, 0.1) is 0 Å². The largest absolute Gasteiger partial charge is 0.480 e. The van der Waals surface area contributed by atoms with E-state index in [0.717, 1.165) is 11.8 Å². The summed E-state index contributed by atoms with van der Waals surface area (Å²) in [6.07, 6.45) is 2.82. The summed E-state index contributed by atoms with van der Waals surface area (Å²) in [5.41, 5.74) is -0.369. The molecule has 1 aromatic heterocycles. The molecule has 0 saturated heterocycles. The molecule has 0 aliphatic rings. The van der Waals surface area contributed by atoms with Gasteiger partial charge in [-0.05, 0) is 13.8 Å². The number of aromatic nitrogens is 2. The van der Waals surface area contributed by atoms with Crippen molar-refractivity contribution in [2.75, 3.05) is 0 Å². The Kier molecular flexibility index (Phi) is 2.95. The zero-order chi connectivity index (χ0) is 10.8. The van der Waals surface area contributed by atoms with Gasteiger partial charge in [0.15, 0.2) is 5.03 Å². The van der Waals surface area contributed by atoms with Crippen molar-refractivity contribution in [3.63, 3.8) is 0 Å². The second-order valence-corrected chi connectivity index (χ2v) is 4.75. The highest BCUT2D eigenvalue weighted by Crippen LogP contribution is 2.28. The van der Waals surface area contributed by atoms with Gasteiger partial charge in [-0.1, -0.05) is 11.8 Å². The van der Waals surface area contributed by atoms with Crippen LogP contribution in [0.4, 0.5) is 0 Å². The highest BCUT2D eigenvalue weighted by atomic mass is 32.2. The molecule has 1 aromatic rings. The van der Waals surface area contributed by atoms with Crippen molar-refractivity contribution in [3.8, 4) is 0 Å². The monoisotopic (exact) mass is 214 g/mol. The average molecular weight is 214 g/mol. The Labute approximate surface area is 84.6 Å². The molecule has 5 nitrogen and oxygen atoms in total. The SMILES string of the molecule is CC(C)(Sc1ncc[nH]c1=O)C(=O)O. The number of aromatic amines is 1. The maximum absolute atomic E-state index is 11.2. The number of carboxylic acids is 1. The van der Waals surface area contributed by atoms with Crippen LogP contribution in [-0.2, 0) is 4.79 Å². The lowest BCUT2D eigenvalue weighted by molar-refractivity contribution is -0.138. The van der Waals surface area contributed by atoms with Crippen molar-refractivity contribution in [2.24, 2.45) is 0 Å². The van der Waals surface area contributed by atoms with E-state index in [4.69, 9.17) is 5.11 Å². The molecule has 1 heterocycles. The maximum atomic E-state index is 11.2. The van der Waals surface area contributed by atoms with Gasteiger partial charge in [-0.2, -0.15) is 0 Å². The zero-order valence-corrected chi connectivity index (χ0v) is 8.59. The fourth-order valence-corrected chi connectivity index (χ4v) is 1.53. The number of H-pyrrole nitrogens is 1. The third-order valence-electron chi connectivity index (χ3n) is 1.54. The summed E-state index contributed by atoms with van der Waals surface area (Å²) >= 11 is 0.926. The van der Waals surface area contributed by atoms with Crippen molar-refractivity contribution in [3.05, 3.63) is 22.7 Å². The minimum atomic E-state index is -1.05. The van der Waals surface area contributed by atoms with Gasteiger partial charge in [0.05, 0.1) is 0 Å². The number of carboxylic acid groups (broad SMARTS) is 1. The number of nitrogens with zero attached hydrogens (tertiary/aromatic N) is 1. The second-order valence-electron chi connectivity index (χ2n) is 3.14. The summed E-state index contributed by atoms with van der Waals surface area (Å²) in [6, 6.07) is 0. The smallest absolute Gasteiger partial charge is 0.319 e. The van der Waals surface area contributed by atoms with Gasteiger partial charge in [0.1, 0.15) is 4.75 Å². The second kappa shape index (κ2) is 3.83. The first-order valence-electron chi connectivity index (χ1n) is 3.89. The molecular formula is C8H10N2O3S. The van der Waals surface area contributed by atoms with Crippen molar-refractivity contribution < 1.29 is 9.90 Å². The van der Waals surface area contributed by atoms with Gasteiger partial charge in [0.25, 0.3) is 5.56 Å². The van der Waals surface area contributed by atoms with Crippen LogP contribution in [0.3, 0.4) is 0 Å². The topological polar surface area (TPSA) is 83.0 Å². The van der Waals surface area contributed by atoms with E-state index in [2.05, 4.69) is 9.97 Å². The highest BCUT2D eigenvalue weighted by molar-refractivity contribution is 8.01. The molecule has 14 heavy (non-hydrogen) atoms. The van der Waals surface area contributed by atoms with E-state index in [9.17, 15) is 9.59 Å². The van der Waals surface area contributed by atoms with Gasteiger partial charge in [-0.3, -0.25) is 9.59 Å². The predicted molar refractivity (Wildman–Crippen MR) is 52.4 cm³/mol. The van der Waals surface area contributed by atoms with Crippen LogP contribution in [0.1, 0.15) is 13.8 Å². The molecule has 0 atom stereocenters. The van der Waals surface area contributed by atoms with Gasteiger partial charge in [-0.25, -0.2) is 4.98 Å². The lowest BCUT2D eigenvalue weighted by Gasteiger charge is -2.16. The fraction of sp³-hybridized carbons (Fsp3) is 0.375. The van der Waals surface area contributed by atoms with Gasteiger partial charge in [-0.15, -0.1) is 0 Å². The lowest BCUT2D eigenvalue weighted by atomic mass is 10.2. The maximum Gasteiger partial charge on any atom is 0.319 e. The molecule has 6 heteroatoms. The van der Waals surface area contributed by atoms with E-state index < -0.39 is 10.7 Å². The Morgan fingerprint density at radius 3 is 2.79 bits per heavy atom. The predicted octanol–water partition coefficient (Wildman–Crippen LogP) is 0.725. The molecule has 76 valence electrons. The number of rotatable bonds is 3. The average Bonchev–Trinajstić information content (AvgIpc) is 2.08. The molecule has 0 amide bonds. The number of aliphatic carboxylic acids is 1. The number of nitrogens with one attached hydrogen (secondary N) is 1. The first-order chi connectivity index (χ1) is 6.43. The van der Waals surface area contributed by atoms with E-state index in [1.807, 2.05) is 0 Å². The van der Waals surface area contributed by atoms with Crippen LogP contribution in [0.2, 0.25) is 0 Å². The quantitative estimate of drug-likeness (QED) is 0.724. The molecule has 0 fully saturated rings. The molecule has 0 saturated carbocycles. The summed E-state index contributed by atoms with van der Waals surface area (Å²) in [4.78, 5) is 28.2. The number of hydrogen-bond acceptors (Lipinski definition) is 4. The van der Waals surface area contributed by atoms with Gasteiger partial charge < -0.3 is 10.1 Å². The summed E-state index contributed by atoms with van der Waals surface area (Å²) < 4.78 is -1.05. The molecule has 2 N–H and O–H groups in total. The van der Waals surface area contributed by atoms with Gasteiger partial charge in [0, 0.05) is 12.4 Å². The van der Waals surface area contributed by atoms with Crippen LogP contribution in [0.15, 0.2) is 22.2 Å². The molecule has 0 aliphatic carbocycles. The summed E-state index contributed by atoms with van der Waals surface area (Å²) in [5, 5.41) is 9.00. The summed E-state index contributed by atoms with van der Waals surface area (Å²) in [7, 11) is 0.